The van der Waals surface area contributed by atoms with Crippen LogP contribution in [0.2, 0.25) is 0 Å². The summed E-state index contributed by atoms with van der Waals surface area (Å²) >= 11 is 0. The standard InChI is InChI=1S/C15H22O3/c1-6-11(2)12-9-7-8-10-13(12)17-14(16)18-15(3,4)5/h7-11H,6H2,1-5H3. The Bertz CT molecular complexity index is 404. The highest BCUT2D eigenvalue weighted by Gasteiger charge is 2.19. The van der Waals surface area contributed by atoms with E-state index in [9.17, 15) is 4.79 Å². The van der Waals surface area contributed by atoms with Crippen LogP contribution in [0.15, 0.2) is 24.3 Å². The van der Waals surface area contributed by atoms with Gasteiger partial charge in [-0.2, -0.15) is 0 Å². The van der Waals surface area contributed by atoms with Crippen LogP contribution < -0.4 is 4.74 Å². The van der Waals surface area contributed by atoms with E-state index >= 15 is 0 Å². The lowest BCUT2D eigenvalue weighted by molar-refractivity contribution is 0.0204. The fourth-order valence-electron chi connectivity index (χ4n) is 1.56. The van der Waals surface area contributed by atoms with Crippen molar-refractivity contribution in [3.05, 3.63) is 29.8 Å². The Balaban J connectivity index is 2.81. The summed E-state index contributed by atoms with van der Waals surface area (Å²) < 4.78 is 10.4. The molecule has 0 aromatic heterocycles. The SMILES string of the molecule is CCC(C)c1ccccc1OC(=O)OC(C)(C)C. The van der Waals surface area contributed by atoms with Crippen molar-refractivity contribution in [2.75, 3.05) is 0 Å². The molecule has 0 saturated carbocycles. The third kappa shape index (κ3) is 4.40. The quantitative estimate of drug-likeness (QED) is 0.584. The van der Waals surface area contributed by atoms with Gasteiger partial charge in [0.05, 0.1) is 0 Å². The van der Waals surface area contributed by atoms with Crippen molar-refractivity contribution in [2.45, 2.75) is 52.6 Å². The summed E-state index contributed by atoms with van der Waals surface area (Å²) in [6, 6.07) is 7.58. The fraction of sp³-hybridized carbons (Fsp3) is 0.533. The lowest BCUT2D eigenvalue weighted by Crippen LogP contribution is -2.26. The van der Waals surface area contributed by atoms with Gasteiger partial charge in [-0.1, -0.05) is 32.0 Å². The first-order valence-electron chi connectivity index (χ1n) is 6.33. The van der Waals surface area contributed by atoms with Gasteiger partial charge in [0.25, 0.3) is 0 Å². The second-order valence-corrected chi connectivity index (χ2v) is 5.41. The first-order valence-corrected chi connectivity index (χ1v) is 6.33. The van der Waals surface area contributed by atoms with E-state index in [-0.39, 0.29) is 0 Å². The van der Waals surface area contributed by atoms with Gasteiger partial charge in [-0.25, -0.2) is 4.79 Å². The third-order valence-electron chi connectivity index (χ3n) is 2.65. The highest BCUT2D eigenvalue weighted by molar-refractivity contribution is 5.65. The lowest BCUT2D eigenvalue weighted by atomic mass is 9.98. The number of hydrogen-bond donors (Lipinski definition) is 0. The first kappa shape index (κ1) is 14.6. The largest absolute Gasteiger partial charge is 0.514 e. The first-order chi connectivity index (χ1) is 8.33. The number of benzene rings is 1. The van der Waals surface area contributed by atoms with Crippen molar-refractivity contribution in [1.82, 2.24) is 0 Å². The molecule has 0 fully saturated rings. The minimum Gasteiger partial charge on any atom is -0.428 e. The summed E-state index contributed by atoms with van der Waals surface area (Å²) in [6.45, 7) is 9.66. The summed E-state index contributed by atoms with van der Waals surface area (Å²) in [5.41, 5.74) is 0.494. The summed E-state index contributed by atoms with van der Waals surface area (Å²) in [5.74, 6) is 0.935. The van der Waals surface area contributed by atoms with Crippen LogP contribution in [0.4, 0.5) is 4.79 Å². The van der Waals surface area contributed by atoms with Crippen molar-refractivity contribution in [2.24, 2.45) is 0 Å². The fourth-order valence-corrected chi connectivity index (χ4v) is 1.56. The summed E-state index contributed by atoms with van der Waals surface area (Å²) in [4.78, 5) is 11.6. The minimum atomic E-state index is -0.654. The zero-order valence-electron chi connectivity index (χ0n) is 11.8. The van der Waals surface area contributed by atoms with Crippen molar-refractivity contribution in [1.29, 1.82) is 0 Å². The maximum absolute atomic E-state index is 11.6. The second-order valence-electron chi connectivity index (χ2n) is 5.41. The maximum Gasteiger partial charge on any atom is 0.514 e. The van der Waals surface area contributed by atoms with Crippen LogP contribution in [0.1, 0.15) is 52.5 Å². The molecule has 100 valence electrons. The molecule has 0 aliphatic heterocycles. The van der Waals surface area contributed by atoms with Crippen LogP contribution in [-0.2, 0) is 4.74 Å². The molecule has 0 bridgehead atoms. The molecule has 0 aliphatic rings. The molecule has 0 amide bonds. The predicted molar refractivity (Wildman–Crippen MR) is 72.0 cm³/mol. The molecule has 1 unspecified atom stereocenters. The molecule has 0 N–H and O–H groups in total. The van der Waals surface area contributed by atoms with E-state index < -0.39 is 11.8 Å². The minimum absolute atomic E-state index is 0.351. The summed E-state index contributed by atoms with van der Waals surface area (Å²) in [5, 5.41) is 0. The molecule has 18 heavy (non-hydrogen) atoms. The van der Waals surface area contributed by atoms with Crippen LogP contribution in [0.3, 0.4) is 0 Å². The molecule has 3 nitrogen and oxygen atoms in total. The molecule has 0 heterocycles. The van der Waals surface area contributed by atoms with E-state index in [1.807, 2.05) is 39.0 Å². The van der Waals surface area contributed by atoms with Gasteiger partial charge >= 0.3 is 6.16 Å². The molecule has 1 atom stereocenters. The molecular formula is C15H22O3. The Labute approximate surface area is 109 Å². The van der Waals surface area contributed by atoms with E-state index in [0.717, 1.165) is 12.0 Å². The van der Waals surface area contributed by atoms with Crippen molar-refractivity contribution in [3.8, 4) is 5.75 Å². The van der Waals surface area contributed by atoms with Crippen LogP contribution >= 0.6 is 0 Å². The smallest absolute Gasteiger partial charge is 0.428 e. The van der Waals surface area contributed by atoms with Crippen LogP contribution in [0, 0.1) is 0 Å². The van der Waals surface area contributed by atoms with Gasteiger partial charge in [0.2, 0.25) is 0 Å². The van der Waals surface area contributed by atoms with Crippen molar-refractivity contribution < 1.29 is 14.3 Å². The van der Waals surface area contributed by atoms with E-state index in [1.54, 1.807) is 6.07 Å². The molecule has 1 aromatic rings. The van der Waals surface area contributed by atoms with Gasteiger partial charge in [-0.05, 0) is 44.7 Å². The number of ether oxygens (including phenoxy) is 2. The number of hydrogen-bond acceptors (Lipinski definition) is 3. The van der Waals surface area contributed by atoms with Gasteiger partial charge in [-0.15, -0.1) is 0 Å². The molecule has 0 saturated heterocycles. The molecule has 0 spiro atoms. The molecule has 0 aliphatic carbocycles. The van der Waals surface area contributed by atoms with E-state index in [2.05, 4.69) is 13.8 Å². The van der Waals surface area contributed by atoms with Gasteiger partial charge in [-0.3, -0.25) is 0 Å². The number of carbonyl (C=O) groups excluding carboxylic acids is 1. The number of carbonyl (C=O) groups is 1. The van der Waals surface area contributed by atoms with Crippen LogP contribution in [0.5, 0.6) is 5.75 Å². The average Bonchev–Trinajstić information content (AvgIpc) is 2.26. The molecule has 0 radical (unpaired) electrons. The van der Waals surface area contributed by atoms with Crippen molar-refractivity contribution in [3.63, 3.8) is 0 Å². The Morgan fingerprint density at radius 3 is 2.44 bits per heavy atom. The highest BCUT2D eigenvalue weighted by atomic mass is 16.7. The number of rotatable bonds is 3. The Kier molecular flexibility index (Phi) is 4.76. The van der Waals surface area contributed by atoms with E-state index in [1.165, 1.54) is 0 Å². The summed E-state index contributed by atoms with van der Waals surface area (Å²) in [6.07, 6.45) is 0.340. The van der Waals surface area contributed by atoms with Gasteiger partial charge in [0, 0.05) is 0 Å². The van der Waals surface area contributed by atoms with Gasteiger partial charge < -0.3 is 9.47 Å². The number of para-hydroxylation sites is 1. The van der Waals surface area contributed by atoms with E-state index in [0.29, 0.717) is 11.7 Å². The monoisotopic (exact) mass is 250 g/mol. The maximum atomic E-state index is 11.6. The molecule has 3 heteroatoms. The molecular weight excluding hydrogens is 228 g/mol. The lowest BCUT2D eigenvalue weighted by Gasteiger charge is -2.20. The van der Waals surface area contributed by atoms with Crippen LogP contribution in [0.25, 0.3) is 0 Å². The van der Waals surface area contributed by atoms with E-state index in [4.69, 9.17) is 9.47 Å². The third-order valence-corrected chi connectivity index (χ3v) is 2.65. The highest BCUT2D eigenvalue weighted by Crippen LogP contribution is 2.28. The van der Waals surface area contributed by atoms with Gasteiger partial charge in [0.15, 0.2) is 0 Å². The zero-order valence-corrected chi connectivity index (χ0v) is 11.8. The molecule has 1 rings (SSSR count). The van der Waals surface area contributed by atoms with Crippen LogP contribution in [-0.4, -0.2) is 11.8 Å². The summed E-state index contributed by atoms with van der Waals surface area (Å²) in [7, 11) is 0. The zero-order chi connectivity index (χ0) is 13.8. The molecule has 1 aromatic carbocycles. The Morgan fingerprint density at radius 1 is 1.28 bits per heavy atom. The predicted octanol–water partition coefficient (Wildman–Crippen LogP) is 4.51. The Hall–Kier alpha value is -1.51. The van der Waals surface area contributed by atoms with Gasteiger partial charge in [0.1, 0.15) is 11.4 Å². The topological polar surface area (TPSA) is 35.5 Å². The van der Waals surface area contributed by atoms with Crippen molar-refractivity contribution >= 4 is 6.16 Å². The second kappa shape index (κ2) is 5.89. The normalized spacial score (nSPS) is 12.9. The average molecular weight is 250 g/mol. The Morgan fingerprint density at radius 2 is 1.89 bits per heavy atom.